The lowest BCUT2D eigenvalue weighted by Crippen LogP contribution is -2.01. The summed E-state index contributed by atoms with van der Waals surface area (Å²) in [4.78, 5) is 10.8. The van der Waals surface area contributed by atoms with Crippen LogP contribution >= 0.6 is 0 Å². The lowest BCUT2D eigenvalue weighted by Gasteiger charge is -2.04. The van der Waals surface area contributed by atoms with Crippen molar-refractivity contribution in [2.24, 2.45) is 0 Å². The van der Waals surface area contributed by atoms with Crippen LogP contribution in [0.4, 0.5) is 0 Å². The monoisotopic (exact) mass is 354 g/mol. The average Bonchev–Trinajstić information content (AvgIpc) is 2.63. The third kappa shape index (κ3) is 21.1. The van der Waals surface area contributed by atoms with Crippen molar-refractivity contribution in [2.45, 2.75) is 109 Å². The number of hydrogen-bond donors (Lipinski definition) is 1. The van der Waals surface area contributed by atoms with Crippen LogP contribution in [0.5, 0.6) is 0 Å². The number of carbonyl (C=O) groups excluding carboxylic acids is 1. The number of aliphatic hydroxyl groups excluding tert-OH is 1. The number of hydrogen-bond acceptors (Lipinski definition) is 3. The molecule has 25 heavy (non-hydrogen) atoms. The second-order valence-corrected chi connectivity index (χ2v) is 7.11. The summed E-state index contributed by atoms with van der Waals surface area (Å²) < 4.78 is 4.95. The summed E-state index contributed by atoms with van der Waals surface area (Å²) in [5, 5.41) is 8.71. The van der Waals surface area contributed by atoms with Crippen LogP contribution in [-0.4, -0.2) is 24.3 Å². The molecule has 0 saturated carbocycles. The minimum atomic E-state index is -0.307. The van der Waals surface area contributed by atoms with Gasteiger partial charge in [-0.05, 0) is 12.8 Å². The molecule has 0 aromatic heterocycles. The maximum atomic E-state index is 10.8. The molecule has 0 heterocycles. The first-order valence-corrected chi connectivity index (χ1v) is 10.7. The van der Waals surface area contributed by atoms with Crippen molar-refractivity contribution in [1.82, 2.24) is 0 Å². The van der Waals surface area contributed by atoms with E-state index in [2.05, 4.69) is 6.58 Å². The number of carbonyl (C=O) groups is 1. The smallest absolute Gasteiger partial charge is 0.330 e. The molecule has 0 aliphatic carbocycles. The Hall–Kier alpha value is -0.830. The molecule has 148 valence electrons. The molecular weight excluding hydrogens is 312 g/mol. The first-order valence-electron chi connectivity index (χ1n) is 10.7. The van der Waals surface area contributed by atoms with Crippen LogP contribution in [0.15, 0.2) is 12.7 Å². The fraction of sp³-hybridized carbons (Fsp3) is 0.864. The van der Waals surface area contributed by atoms with Crippen molar-refractivity contribution < 1.29 is 14.6 Å². The van der Waals surface area contributed by atoms with Gasteiger partial charge in [0.15, 0.2) is 0 Å². The van der Waals surface area contributed by atoms with Crippen LogP contribution in [0.2, 0.25) is 0 Å². The summed E-state index contributed by atoms with van der Waals surface area (Å²) in [6.07, 6.45) is 23.2. The van der Waals surface area contributed by atoms with Crippen molar-refractivity contribution >= 4 is 5.97 Å². The fourth-order valence-corrected chi connectivity index (χ4v) is 3.10. The van der Waals surface area contributed by atoms with Gasteiger partial charge in [-0.15, -0.1) is 0 Å². The second kappa shape index (κ2) is 21.2. The zero-order chi connectivity index (χ0) is 18.4. The van der Waals surface area contributed by atoms with E-state index in [0.717, 1.165) is 19.3 Å². The van der Waals surface area contributed by atoms with Gasteiger partial charge >= 0.3 is 5.97 Å². The molecule has 0 bridgehead atoms. The minimum Gasteiger partial charge on any atom is -0.463 e. The summed E-state index contributed by atoms with van der Waals surface area (Å²) in [6, 6.07) is 0. The summed E-state index contributed by atoms with van der Waals surface area (Å²) in [5.41, 5.74) is 0. The third-order valence-electron chi connectivity index (χ3n) is 4.71. The Balaban J connectivity index is 3.00. The van der Waals surface area contributed by atoms with E-state index in [1.165, 1.54) is 96.0 Å². The Morgan fingerprint density at radius 2 is 0.960 bits per heavy atom. The van der Waals surface area contributed by atoms with Gasteiger partial charge in [0, 0.05) is 12.7 Å². The highest BCUT2D eigenvalue weighted by atomic mass is 16.5. The molecule has 0 spiro atoms. The van der Waals surface area contributed by atoms with Gasteiger partial charge in [-0.3, -0.25) is 0 Å². The Bertz CT molecular complexity index is 289. The normalized spacial score (nSPS) is 10.8. The van der Waals surface area contributed by atoms with Crippen molar-refractivity contribution in [3.8, 4) is 0 Å². The van der Waals surface area contributed by atoms with Gasteiger partial charge in [-0.25, -0.2) is 4.79 Å². The van der Waals surface area contributed by atoms with E-state index in [1.54, 1.807) is 0 Å². The summed E-state index contributed by atoms with van der Waals surface area (Å²) in [5.74, 6) is -0.307. The largest absolute Gasteiger partial charge is 0.463 e. The molecule has 0 aliphatic heterocycles. The van der Waals surface area contributed by atoms with Gasteiger partial charge in [0.2, 0.25) is 0 Å². The SMILES string of the molecule is C=CC(=O)OCCCCCCCCCCCCCCCCCCCO. The fourth-order valence-electron chi connectivity index (χ4n) is 3.10. The predicted molar refractivity (Wildman–Crippen MR) is 107 cm³/mol. The maximum Gasteiger partial charge on any atom is 0.330 e. The van der Waals surface area contributed by atoms with Crippen LogP contribution in [0, 0.1) is 0 Å². The van der Waals surface area contributed by atoms with E-state index >= 15 is 0 Å². The highest BCUT2D eigenvalue weighted by Crippen LogP contribution is 2.14. The van der Waals surface area contributed by atoms with Crippen LogP contribution in [0.1, 0.15) is 109 Å². The van der Waals surface area contributed by atoms with Crippen LogP contribution < -0.4 is 0 Å². The average molecular weight is 355 g/mol. The first kappa shape index (κ1) is 24.2. The highest BCUT2D eigenvalue weighted by molar-refractivity contribution is 5.81. The second-order valence-electron chi connectivity index (χ2n) is 7.11. The maximum absolute atomic E-state index is 10.8. The third-order valence-corrected chi connectivity index (χ3v) is 4.71. The van der Waals surface area contributed by atoms with Gasteiger partial charge in [0.05, 0.1) is 6.61 Å². The van der Waals surface area contributed by atoms with Gasteiger partial charge in [0.1, 0.15) is 0 Å². The van der Waals surface area contributed by atoms with Crippen LogP contribution in [-0.2, 0) is 9.53 Å². The van der Waals surface area contributed by atoms with Crippen molar-refractivity contribution in [1.29, 1.82) is 0 Å². The zero-order valence-corrected chi connectivity index (χ0v) is 16.5. The van der Waals surface area contributed by atoms with E-state index < -0.39 is 0 Å². The number of aliphatic hydroxyl groups is 1. The summed E-state index contributed by atoms with van der Waals surface area (Å²) in [7, 11) is 0. The molecule has 0 aliphatic rings. The Kier molecular flexibility index (Phi) is 20.5. The molecule has 1 N–H and O–H groups in total. The van der Waals surface area contributed by atoms with E-state index in [-0.39, 0.29) is 5.97 Å². The zero-order valence-electron chi connectivity index (χ0n) is 16.5. The molecule has 0 saturated heterocycles. The van der Waals surface area contributed by atoms with Crippen molar-refractivity contribution in [3.63, 3.8) is 0 Å². The molecule has 0 aromatic rings. The Labute approximate surface area is 156 Å². The van der Waals surface area contributed by atoms with Crippen molar-refractivity contribution in [2.75, 3.05) is 13.2 Å². The van der Waals surface area contributed by atoms with Gasteiger partial charge < -0.3 is 9.84 Å². The molecule has 0 amide bonds. The lowest BCUT2D eigenvalue weighted by molar-refractivity contribution is -0.137. The molecular formula is C22H42O3. The molecule has 0 atom stereocenters. The molecule has 3 nitrogen and oxygen atoms in total. The van der Waals surface area contributed by atoms with Crippen molar-refractivity contribution in [3.05, 3.63) is 12.7 Å². The van der Waals surface area contributed by atoms with E-state index in [4.69, 9.17) is 9.84 Å². The molecule has 0 aromatic carbocycles. The highest BCUT2D eigenvalue weighted by Gasteiger charge is 1.96. The number of ether oxygens (including phenoxy) is 1. The standard InChI is InChI=1S/C22H42O3/c1-2-22(24)25-21-19-17-15-13-11-9-7-5-3-4-6-8-10-12-14-16-18-20-23/h2,23H,1,3-21H2. The molecule has 0 rings (SSSR count). The van der Waals surface area contributed by atoms with E-state index in [0.29, 0.717) is 13.2 Å². The van der Waals surface area contributed by atoms with Gasteiger partial charge in [-0.2, -0.15) is 0 Å². The minimum absolute atomic E-state index is 0.307. The van der Waals surface area contributed by atoms with Crippen LogP contribution in [0.3, 0.4) is 0 Å². The lowest BCUT2D eigenvalue weighted by atomic mass is 10.0. The topological polar surface area (TPSA) is 46.5 Å². The quantitative estimate of drug-likeness (QED) is 0.158. The predicted octanol–water partition coefficient (Wildman–Crippen LogP) is 6.34. The summed E-state index contributed by atoms with van der Waals surface area (Å²) in [6.45, 7) is 4.27. The van der Waals surface area contributed by atoms with Gasteiger partial charge in [-0.1, -0.05) is 103 Å². The van der Waals surface area contributed by atoms with E-state index in [9.17, 15) is 4.79 Å². The molecule has 3 heteroatoms. The number of unbranched alkanes of at least 4 members (excludes halogenated alkanes) is 16. The number of esters is 1. The Morgan fingerprint density at radius 3 is 1.28 bits per heavy atom. The molecule has 0 radical (unpaired) electrons. The van der Waals surface area contributed by atoms with E-state index in [1.807, 2.05) is 0 Å². The van der Waals surface area contributed by atoms with Crippen LogP contribution in [0.25, 0.3) is 0 Å². The molecule has 0 unspecified atom stereocenters. The Morgan fingerprint density at radius 1 is 0.640 bits per heavy atom. The first-order chi connectivity index (χ1) is 12.3. The molecule has 0 fully saturated rings. The van der Waals surface area contributed by atoms with Gasteiger partial charge in [0.25, 0.3) is 0 Å². The summed E-state index contributed by atoms with van der Waals surface area (Å²) >= 11 is 0. The number of rotatable bonds is 20.